The van der Waals surface area contributed by atoms with Crippen LogP contribution in [0, 0.1) is 6.92 Å². The predicted molar refractivity (Wildman–Crippen MR) is 73.8 cm³/mol. The maximum absolute atomic E-state index is 9.25. The molecule has 0 saturated heterocycles. The second-order valence-electron chi connectivity index (χ2n) is 5.12. The Labute approximate surface area is 109 Å². The largest absolute Gasteiger partial charge is 0.395 e. The van der Waals surface area contributed by atoms with Gasteiger partial charge in [-0.25, -0.2) is 0 Å². The van der Waals surface area contributed by atoms with Gasteiger partial charge in [-0.2, -0.15) is 0 Å². The first-order valence-corrected chi connectivity index (χ1v) is 6.84. The molecule has 1 aromatic rings. The number of aryl methyl sites for hydroxylation is 1. The Morgan fingerprint density at radius 3 is 2.50 bits per heavy atom. The highest BCUT2D eigenvalue weighted by Gasteiger charge is 2.22. The fourth-order valence-corrected chi connectivity index (χ4v) is 2.88. The lowest BCUT2D eigenvalue weighted by atomic mass is 10.1. The van der Waals surface area contributed by atoms with Gasteiger partial charge in [0.05, 0.1) is 13.2 Å². The van der Waals surface area contributed by atoms with E-state index in [1.165, 1.54) is 31.4 Å². The smallest absolute Gasteiger partial charge is 0.0684 e. The van der Waals surface area contributed by atoms with Gasteiger partial charge in [0.25, 0.3) is 0 Å². The summed E-state index contributed by atoms with van der Waals surface area (Å²) in [5.74, 6) is 0. The SMILES string of the molecule is Cc1cc(N(CCO)C2CCCC2)ccc1CO. The molecule has 2 N–H and O–H groups in total. The average molecular weight is 249 g/mol. The minimum atomic E-state index is 0.0928. The van der Waals surface area contributed by atoms with E-state index in [4.69, 9.17) is 0 Å². The van der Waals surface area contributed by atoms with Crippen LogP contribution in [0.3, 0.4) is 0 Å². The molecular formula is C15H23NO2. The van der Waals surface area contributed by atoms with Gasteiger partial charge in [-0.1, -0.05) is 18.9 Å². The minimum Gasteiger partial charge on any atom is -0.395 e. The Kier molecular flexibility index (Phi) is 4.61. The molecule has 3 nitrogen and oxygen atoms in total. The molecule has 1 fully saturated rings. The standard InChI is InChI=1S/C15H23NO2/c1-12-10-15(7-6-13(12)11-18)16(8-9-17)14-4-2-3-5-14/h6-7,10,14,17-18H,2-5,8-9,11H2,1H3. The van der Waals surface area contributed by atoms with Gasteiger partial charge >= 0.3 is 0 Å². The first-order chi connectivity index (χ1) is 8.76. The molecule has 1 aliphatic rings. The minimum absolute atomic E-state index is 0.0928. The normalized spacial score (nSPS) is 16.2. The van der Waals surface area contributed by atoms with Gasteiger partial charge in [0, 0.05) is 18.3 Å². The summed E-state index contributed by atoms with van der Waals surface area (Å²) in [5.41, 5.74) is 3.27. The average Bonchev–Trinajstić information content (AvgIpc) is 2.89. The van der Waals surface area contributed by atoms with Gasteiger partial charge in [0.15, 0.2) is 0 Å². The van der Waals surface area contributed by atoms with E-state index in [-0.39, 0.29) is 13.2 Å². The Hall–Kier alpha value is -1.06. The molecule has 1 aromatic carbocycles. The number of nitrogens with zero attached hydrogens (tertiary/aromatic N) is 1. The van der Waals surface area contributed by atoms with E-state index in [9.17, 15) is 10.2 Å². The number of anilines is 1. The van der Waals surface area contributed by atoms with Crippen molar-refractivity contribution in [3.8, 4) is 0 Å². The quantitative estimate of drug-likeness (QED) is 0.841. The summed E-state index contributed by atoms with van der Waals surface area (Å²) < 4.78 is 0. The van der Waals surface area contributed by atoms with Crippen LogP contribution < -0.4 is 4.90 Å². The molecule has 0 bridgehead atoms. The molecular weight excluding hydrogens is 226 g/mol. The maximum Gasteiger partial charge on any atom is 0.0684 e. The molecule has 0 atom stereocenters. The Bertz CT molecular complexity index is 386. The van der Waals surface area contributed by atoms with E-state index in [0.717, 1.165) is 11.1 Å². The molecule has 0 radical (unpaired) electrons. The second kappa shape index (κ2) is 6.21. The number of benzene rings is 1. The highest BCUT2D eigenvalue weighted by atomic mass is 16.3. The van der Waals surface area contributed by atoms with Crippen LogP contribution in [0.15, 0.2) is 18.2 Å². The molecule has 2 rings (SSSR count). The summed E-state index contributed by atoms with van der Waals surface area (Å²) in [6.07, 6.45) is 5.03. The third-order valence-electron chi connectivity index (χ3n) is 3.93. The zero-order valence-electron chi connectivity index (χ0n) is 11.1. The summed E-state index contributed by atoms with van der Waals surface area (Å²) in [6, 6.07) is 6.74. The zero-order valence-corrected chi connectivity index (χ0v) is 11.1. The summed E-state index contributed by atoms with van der Waals surface area (Å²) in [5, 5.41) is 18.5. The van der Waals surface area contributed by atoms with Crippen LogP contribution in [0.1, 0.15) is 36.8 Å². The van der Waals surface area contributed by atoms with E-state index < -0.39 is 0 Å². The fourth-order valence-electron chi connectivity index (χ4n) is 2.88. The first kappa shape index (κ1) is 13.4. The van der Waals surface area contributed by atoms with E-state index in [0.29, 0.717) is 12.6 Å². The Morgan fingerprint density at radius 1 is 1.22 bits per heavy atom. The molecule has 0 unspecified atom stereocenters. The molecule has 0 spiro atoms. The van der Waals surface area contributed by atoms with Crippen LogP contribution >= 0.6 is 0 Å². The number of aliphatic hydroxyl groups excluding tert-OH is 2. The fraction of sp³-hybridized carbons (Fsp3) is 0.600. The highest BCUT2D eigenvalue weighted by Crippen LogP contribution is 2.29. The molecule has 18 heavy (non-hydrogen) atoms. The van der Waals surface area contributed by atoms with Gasteiger partial charge < -0.3 is 15.1 Å². The van der Waals surface area contributed by atoms with E-state index >= 15 is 0 Å². The van der Waals surface area contributed by atoms with Crippen molar-refractivity contribution >= 4 is 5.69 Å². The molecule has 3 heteroatoms. The first-order valence-electron chi connectivity index (χ1n) is 6.84. The number of aliphatic hydroxyl groups is 2. The van der Waals surface area contributed by atoms with E-state index in [1.807, 2.05) is 13.0 Å². The van der Waals surface area contributed by atoms with Crippen molar-refractivity contribution in [2.75, 3.05) is 18.1 Å². The number of rotatable bonds is 5. The molecule has 0 heterocycles. The molecule has 0 aliphatic heterocycles. The van der Waals surface area contributed by atoms with Gasteiger partial charge in [0.2, 0.25) is 0 Å². The van der Waals surface area contributed by atoms with Gasteiger partial charge in [-0.15, -0.1) is 0 Å². The maximum atomic E-state index is 9.25. The lowest BCUT2D eigenvalue weighted by molar-refractivity contribution is 0.281. The van der Waals surface area contributed by atoms with Gasteiger partial charge in [-0.05, 0) is 43.0 Å². The lowest BCUT2D eigenvalue weighted by Crippen LogP contribution is -2.35. The van der Waals surface area contributed by atoms with Gasteiger partial charge in [-0.3, -0.25) is 0 Å². The van der Waals surface area contributed by atoms with Crippen molar-refractivity contribution in [3.63, 3.8) is 0 Å². The van der Waals surface area contributed by atoms with Gasteiger partial charge in [0.1, 0.15) is 0 Å². The van der Waals surface area contributed by atoms with Crippen LogP contribution in [-0.4, -0.2) is 29.4 Å². The monoisotopic (exact) mass is 249 g/mol. The van der Waals surface area contributed by atoms with E-state index in [1.54, 1.807) is 0 Å². The summed E-state index contributed by atoms with van der Waals surface area (Å²) in [4.78, 5) is 2.32. The highest BCUT2D eigenvalue weighted by molar-refractivity contribution is 5.51. The third kappa shape index (κ3) is 2.85. The van der Waals surface area contributed by atoms with Crippen molar-refractivity contribution in [2.45, 2.75) is 45.3 Å². The molecule has 1 aliphatic carbocycles. The third-order valence-corrected chi connectivity index (χ3v) is 3.93. The zero-order chi connectivity index (χ0) is 13.0. The topological polar surface area (TPSA) is 43.7 Å². The second-order valence-corrected chi connectivity index (χ2v) is 5.12. The number of hydrogen-bond donors (Lipinski definition) is 2. The van der Waals surface area contributed by atoms with Crippen molar-refractivity contribution in [2.24, 2.45) is 0 Å². The van der Waals surface area contributed by atoms with Crippen LogP contribution in [-0.2, 0) is 6.61 Å². The molecule has 1 saturated carbocycles. The molecule has 100 valence electrons. The van der Waals surface area contributed by atoms with Crippen molar-refractivity contribution < 1.29 is 10.2 Å². The van der Waals surface area contributed by atoms with Crippen molar-refractivity contribution in [1.29, 1.82) is 0 Å². The lowest BCUT2D eigenvalue weighted by Gasteiger charge is -2.31. The number of hydrogen-bond acceptors (Lipinski definition) is 3. The van der Waals surface area contributed by atoms with E-state index in [2.05, 4.69) is 17.0 Å². The summed E-state index contributed by atoms with van der Waals surface area (Å²) in [7, 11) is 0. The van der Waals surface area contributed by atoms with Crippen LogP contribution in [0.25, 0.3) is 0 Å². The Morgan fingerprint density at radius 2 is 1.94 bits per heavy atom. The van der Waals surface area contributed by atoms with Crippen LogP contribution in [0.2, 0.25) is 0 Å². The summed E-state index contributed by atoms with van der Waals surface area (Å²) in [6.45, 7) is 3.01. The Balaban J connectivity index is 2.21. The summed E-state index contributed by atoms with van der Waals surface area (Å²) >= 11 is 0. The van der Waals surface area contributed by atoms with Crippen LogP contribution in [0.5, 0.6) is 0 Å². The predicted octanol–water partition coefficient (Wildman–Crippen LogP) is 2.23. The van der Waals surface area contributed by atoms with Crippen molar-refractivity contribution in [1.82, 2.24) is 0 Å². The van der Waals surface area contributed by atoms with Crippen molar-refractivity contribution in [3.05, 3.63) is 29.3 Å². The molecule has 0 aromatic heterocycles. The van der Waals surface area contributed by atoms with Crippen LogP contribution in [0.4, 0.5) is 5.69 Å². The molecule has 0 amide bonds.